The maximum absolute atomic E-state index is 10.2. The first-order chi connectivity index (χ1) is 14.2. The molecule has 1 atom stereocenters. The summed E-state index contributed by atoms with van der Waals surface area (Å²) in [6.45, 7) is 6.04. The Hall–Kier alpha value is -2.09. The fourth-order valence-corrected chi connectivity index (χ4v) is 4.13. The lowest BCUT2D eigenvalue weighted by atomic mass is 10.1. The normalized spacial score (nSPS) is 16.6. The number of hydrogen-bond donors (Lipinski definition) is 3. The average Bonchev–Trinajstić information content (AvgIpc) is 3.28. The highest BCUT2D eigenvalue weighted by molar-refractivity contribution is 7.14. The smallest absolute Gasteiger partial charge is 0.191 e. The molecule has 0 saturated carbocycles. The van der Waals surface area contributed by atoms with Crippen LogP contribution in [0.2, 0.25) is 0 Å². The second-order valence-electron chi connectivity index (χ2n) is 7.23. The zero-order valence-corrected chi connectivity index (χ0v) is 17.9. The standard InChI is InChI=1S/C22H32N4O2S/c1-2-23-22(24-15-20(27)17-28-16-18-7-4-3-5-8-18)25-19-10-12-26(13-11-19)21-9-6-14-29-21/h3-9,14,19-20,27H,2,10-13,15-17H2,1H3,(H2,23,24,25). The highest BCUT2D eigenvalue weighted by atomic mass is 32.1. The molecule has 2 aromatic rings. The topological polar surface area (TPSA) is 69.1 Å². The molecular formula is C22H32N4O2S. The van der Waals surface area contributed by atoms with E-state index in [9.17, 15) is 5.11 Å². The fourth-order valence-electron chi connectivity index (χ4n) is 3.34. The average molecular weight is 417 g/mol. The summed E-state index contributed by atoms with van der Waals surface area (Å²) < 4.78 is 5.61. The van der Waals surface area contributed by atoms with Crippen LogP contribution in [0.3, 0.4) is 0 Å². The van der Waals surface area contributed by atoms with Crippen molar-refractivity contribution in [3.8, 4) is 0 Å². The summed E-state index contributed by atoms with van der Waals surface area (Å²) in [6.07, 6.45) is 1.53. The van der Waals surface area contributed by atoms with E-state index in [4.69, 9.17) is 4.74 Å². The third kappa shape index (κ3) is 7.34. The third-order valence-electron chi connectivity index (χ3n) is 4.88. The number of guanidine groups is 1. The molecule has 2 heterocycles. The number of thiophene rings is 1. The molecule has 1 aromatic carbocycles. The second-order valence-corrected chi connectivity index (χ2v) is 8.16. The predicted octanol–water partition coefficient (Wildman–Crippen LogP) is 2.85. The largest absolute Gasteiger partial charge is 0.389 e. The molecule has 0 amide bonds. The van der Waals surface area contributed by atoms with Gasteiger partial charge in [0.15, 0.2) is 5.96 Å². The number of piperidine rings is 1. The SMILES string of the molecule is CCNC(=NCC(O)COCc1ccccc1)NC1CCN(c2cccs2)CC1. The van der Waals surface area contributed by atoms with Crippen molar-refractivity contribution >= 4 is 22.3 Å². The highest BCUT2D eigenvalue weighted by Gasteiger charge is 2.20. The first kappa shape index (κ1) is 21.6. The van der Waals surface area contributed by atoms with E-state index in [-0.39, 0.29) is 6.61 Å². The Bertz CT molecular complexity index is 716. The van der Waals surface area contributed by atoms with Crippen LogP contribution in [0.5, 0.6) is 0 Å². The van der Waals surface area contributed by atoms with Gasteiger partial charge < -0.3 is 25.4 Å². The van der Waals surface area contributed by atoms with E-state index in [1.807, 2.05) is 30.3 Å². The monoisotopic (exact) mass is 416 g/mol. The number of hydrogen-bond acceptors (Lipinski definition) is 5. The van der Waals surface area contributed by atoms with Gasteiger partial charge in [0.2, 0.25) is 0 Å². The van der Waals surface area contributed by atoms with Gasteiger partial charge in [-0.3, -0.25) is 4.99 Å². The molecule has 3 N–H and O–H groups in total. The Kier molecular flexibility index (Phi) is 8.80. The van der Waals surface area contributed by atoms with Gasteiger partial charge in [-0.25, -0.2) is 0 Å². The lowest BCUT2D eigenvalue weighted by Crippen LogP contribution is -2.49. The molecule has 3 rings (SSSR count). The van der Waals surface area contributed by atoms with Gasteiger partial charge in [0.25, 0.3) is 0 Å². The first-order valence-electron chi connectivity index (χ1n) is 10.4. The van der Waals surface area contributed by atoms with Crippen LogP contribution < -0.4 is 15.5 Å². The zero-order valence-electron chi connectivity index (χ0n) is 17.1. The minimum atomic E-state index is -0.616. The van der Waals surface area contributed by atoms with Crippen LogP contribution in [0.4, 0.5) is 5.00 Å². The van der Waals surface area contributed by atoms with Crippen molar-refractivity contribution in [1.82, 2.24) is 10.6 Å². The Morgan fingerprint density at radius 3 is 2.72 bits per heavy atom. The number of nitrogens with zero attached hydrogens (tertiary/aromatic N) is 2. The minimum absolute atomic E-state index is 0.275. The fraction of sp³-hybridized carbons (Fsp3) is 0.500. The number of rotatable bonds is 9. The Labute approximate surface area is 177 Å². The van der Waals surface area contributed by atoms with E-state index in [0.717, 1.165) is 44.0 Å². The van der Waals surface area contributed by atoms with Crippen LogP contribution in [-0.2, 0) is 11.3 Å². The maximum Gasteiger partial charge on any atom is 0.191 e. The van der Waals surface area contributed by atoms with Crippen LogP contribution in [-0.4, -0.2) is 56.0 Å². The number of benzene rings is 1. The van der Waals surface area contributed by atoms with Crippen LogP contribution in [0.25, 0.3) is 0 Å². The van der Waals surface area contributed by atoms with Gasteiger partial charge >= 0.3 is 0 Å². The van der Waals surface area contributed by atoms with E-state index < -0.39 is 6.10 Å². The lowest BCUT2D eigenvalue weighted by Gasteiger charge is -2.33. The quantitative estimate of drug-likeness (QED) is 0.433. The molecule has 1 unspecified atom stereocenters. The van der Waals surface area contributed by atoms with Gasteiger partial charge in [0, 0.05) is 25.7 Å². The molecule has 29 heavy (non-hydrogen) atoms. The summed E-state index contributed by atoms with van der Waals surface area (Å²) in [7, 11) is 0. The van der Waals surface area contributed by atoms with Crippen LogP contribution in [0, 0.1) is 0 Å². The van der Waals surface area contributed by atoms with Crippen molar-refractivity contribution in [1.29, 1.82) is 0 Å². The summed E-state index contributed by atoms with van der Waals surface area (Å²) in [5, 5.41) is 20.5. The van der Waals surface area contributed by atoms with Crippen molar-refractivity contribution in [2.75, 3.05) is 37.7 Å². The molecule has 0 aliphatic carbocycles. The molecule has 0 radical (unpaired) electrons. The number of ether oxygens (including phenoxy) is 1. The van der Waals surface area contributed by atoms with E-state index >= 15 is 0 Å². The van der Waals surface area contributed by atoms with E-state index in [0.29, 0.717) is 19.2 Å². The summed E-state index contributed by atoms with van der Waals surface area (Å²) in [4.78, 5) is 7.00. The Balaban J connectivity index is 1.39. The first-order valence-corrected chi connectivity index (χ1v) is 11.3. The third-order valence-corrected chi connectivity index (χ3v) is 5.81. The number of nitrogens with one attached hydrogen (secondary N) is 2. The van der Waals surface area contributed by atoms with Crippen molar-refractivity contribution in [2.45, 2.75) is 38.5 Å². The number of aliphatic imine (C=N–C) groups is 1. The number of aliphatic hydroxyl groups excluding tert-OH is 1. The van der Waals surface area contributed by atoms with Gasteiger partial charge in [-0.05, 0) is 42.8 Å². The van der Waals surface area contributed by atoms with Gasteiger partial charge in [0.1, 0.15) is 0 Å². The molecule has 1 saturated heterocycles. The summed E-state index contributed by atoms with van der Waals surface area (Å²) in [5.41, 5.74) is 1.10. The molecule has 1 fully saturated rings. The van der Waals surface area contributed by atoms with Crippen LogP contribution >= 0.6 is 11.3 Å². The highest BCUT2D eigenvalue weighted by Crippen LogP contribution is 2.24. The van der Waals surface area contributed by atoms with Crippen molar-refractivity contribution < 1.29 is 9.84 Å². The van der Waals surface area contributed by atoms with Crippen molar-refractivity contribution in [3.05, 3.63) is 53.4 Å². The van der Waals surface area contributed by atoms with Gasteiger partial charge in [-0.1, -0.05) is 30.3 Å². The molecule has 1 aromatic heterocycles. The molecule has 0 bridgehead atoms. The van der Waals surface area contributed by atoms with E-state index in [2.05, 4.69) is 45.0 Å². The summed E-state index contributed by atoms with van der Waals surface area (Å²) in [6, 6.07) is 14.7. The number of anilines is 1. The maximum atomic E-state index is 10.2. The number of aliphatic hydroxyl groups is 1. The van der Waals surface area contributed by atoms with Gasteiger partial charge in [0.05, 0.1) is 30.9 Å². The summed E-state index contributed by atoms with van der Waals surface area (Å²) in [5.74, 6) is 0.768. The van der Waals surface area contributed by atoms with Crippen LogP contribution in [0.1, 0.15) is 25.3 Å². The van der Waals surface area contributed by atoms with E-state index in [1.54, 1.807) is 11.3 Å². The Morgan fingerprint density at radius 1 is 1.24 bits per heavy atom. The minimum Gasteiger partial charge on any atom is -0.389 e. The Morgan fingerprint density at radius 2 is 2.03 bits per heavy atom. The van der Waals surface area contributed by atoms with Crippen molar-refractivity contribution in [3.63, 3.8) is 0 Å². The molecule has 1 aliphatic rings. The molecule has 158 valence electrons. The van der Waals surface area contributed by atoms with Gasteiger partial charge in [-0.15, -0.1) is 11.3 Å². The molecule has 0 spiro atoms. The second kappa shape index (κ2) is 11.8. The molecule has 6 nitrogen and oxygen atoms in total. The van der Waals surface area contributed by atoms with Crippen molar-refractivity contribution in [2.24, 2.45) is 4.99 Å². The lowest BCUT2D eigenvalue weighted by molar-refractivity contribution is 0.0331. The molecule has 1 aliphatic heterocycles. The predicted molar refractivity (Wildman–Crippen MR) is 121 cm³/mol. The molecular weight excluding hydrogens is 384 g/mol. The van der Waals surface area contributed by atoms with E-state index in [1.165, 1.54) is 5.00 Å². The van der Waals surface area contributed by atoms with Crippen LogP contribution in [0.15, 0.2) is 52.8 Å². The zero-order chi connectivity index (χ0) is 20.3. The summed E-state index contributed by atoms with van der Waals surface area (Å²) >= 11 is 1.80. The molecule has 7 heteroatoms. The van der Waals surface area contributed by atoms with Gasteiger partial charge in [-0.2, -0.15) is 0 Å².